The van der Waals surface area contributed by atoms with Crippen molar-refractivity contribution in [2.75, 3.05) is 0 Å². The van der Waals surface area contributed by atoms with E-state index >= 15 is 0 Å². The molecule has 0 unspecified atom stereocenters. The molecule has 0 aromatic heterocycles. The number of hydrogen-bond donors (Lipinski definition) is 0. The average Bonchev–Trinajstić information content (AvgIpc) is 2.45. The quantitative estimate of drug-likeness (QED) is 0.541. The van der Waals surface area contributed by atoms with Crippen LogP contribution >= 0.6 is 15.9 Å². The highest BCUT2D eigenvalue weighted by atomic mass is 79.9. The Bertz CT molecular complexity index is 658. The third-order valence-electron chi connectivity index (χ3n) is 2.74. The number of carbonyl (C=O) groups excluding carboxylic acids is 1. The van der Waals surface area contributed by atoms with Crippen LogP contribution in [0.5, 0.6) is 0 Å². The van der Waals surface area contributed by atoms with Crippen molar-refractivity contribution in [1.29, 1.82) is 0 Å². The van der Waals surface area contributed by atoms with E-state index in [9.17, 15) is 18.0 Å². The summed E-state index contributed by atoms with van der Waals surface area (Å²) in [5, 5.41) is 0. The molecule has 21 heavy (non-hydrogen) atoms. The van der Waals surface area contributed by atoms with E-state index in [0.29, 0.717) is 0 Å². The largest absolute Gasteiger partial charge is 0.410 e. The molecule has 5 heteroatoms. The van der Waals surface area contributed by atoms with Crippen LogP contribution in [0.1, 0.15) is 15.9 Å². The minimum Gasteiger partial charge on any atom is -0.289 e. The first-order valence-corrected chi connectivity index (χ1v) is 6.81. The van der Waals surface area contributed by atoms with Crippen LogP contribution in [-0.4, -0.2) is 12.0 Å². The second-order valence-corrected chi connectivity index (χ2v) is 5.22. The predicted molar refractivity (Wildman–Crippen MR) is 78.9 cm³/mol. The molecule has 0 fully saturated rings. The van der Waals surface area contributed by atoms with Crippen molar-refractivity contribution >= 4 is 27.3 Å². The zero-order chi connectivity index (χ0) is 15.5. The first-order chi connectivity index (χ1) is 9.87. The van der Waals surface area contributed by atoms with Crippen molar-refractivity contribution < 1.29 is 18.0 Å². The molecular formula is C16H10BrF3O. The zero-order valence-electron chi connectivity index (χ0n) is 10.7. The molecule has 0 atom stereocenters. The SMILES string of the molecule is O=C(/C(=C/C(F)(F)F)c1ccc(Br)cc1)c1ccccc1. The summed E-state index contributed by atoms with van der Waals surface area (Å²) >= 11 is 3.21. The fraction of sp³-hybridized carbons (Fsp3) is 0.0625. The molecule has 0 bridgehead atoms. The van der Waals surface area contributed by atoms with E-state index in [1.54, 1.807) is 30.3 Å². The van der Waals surface area contributed by atoms with Gasteiger partial charge in [-0.15, -0.1) is 0 Å². The Hall–Kier alpha value is -1.88. The van der Waals surface area contributed by atoms with Crippen LogP contribution in [0.4, 0.5) is 13.2 Å². The van der Waals surface area contributed by atoms with Crippen molar-refractivity contribution in [3.8, 4) is 0 Å². The van der Waals surface area contributed by atoms with Crippen LogP contribution in [0, 0.1) is 0 Å². The molecule has 0 heterocycles. The first kappa shape index (κ1) is 15.5. The third-order valence-corrected chi connectivity index (χ3v) is 3.27. The molecule has 0 N–H and O–H groups in total. The van der Waals surface area contributed by atoms with Gasteiger partial charge in [0.15, 0.2) is 5.78 Å². The Morgan fingerprint density at radius 2 is 1.48 bits per heavy atom. The Balaban J connectivity index is 2.50. The molecule has 0 aliphatic rings. The van der Waals surface area contributed by atoms with Gasteiger partial charge in [-0.3, -0.25) is 4.79 Å². The minimum absolute atomic E-state index is 0.0472. The summed E-state index contributed by atoms with van der Waals surface area (Å²) in [6, 6.07) is 14.0. The van der Waals surface area contributed by atoms with Crippen LogP contribution in [0.3, 0.4) is 0 Å². The smallest absolute Gasteiger partial charge is 0.289 e. The normalized spacial score (nSPS) is 12.3. The standard InChI is InChI=1S/C16H10BrF3O/c17-13-8-6-11(7-9-13)14(10-16(18,19)20)15(21)12-4-2-1-3-5-12/h1-10H/b14-10+. The summed E-state index contributed by atoms with van der Waals surface area (Å²) in [4.78, 5) is 12.3. The lowest BCUT2D eigenvalue weighted by molar-refractivity contribution is -0.0793. The highest BCUT2D eigenvalue weighted by Crippen LogP contribution is 2.27. The van der Waals surface area contributed by atoms with Gasteiger partial charge in [0.05, 0.1) is 0 Å². The summed E-state index contributed by atoms with van der Waals surface area (Å²) in [6.07, 6.45) is -4.52. The molecule has 2 rings (SSSR count). The Morgan fingerprint density at radius 3 is 2.00 bits per heavy atom. The van der Waals surface area contributed by atoms with Crippen LogP contribution in [0.25, 0.3) is 5.57 Å². The van der Waals surface area contributed by atoms with Crippen molar-refractivity contribution in [2.24, 2.45) is 0 Å². The molecule has 2 aromatic carbocycles. The van der Waals surface area contributed by atoms with Crippen molar-refractivity contribution in [2.45, 2.75) is 6.18 Å². The number of hydrogen-bond acceptors (Lipinski definition) is 1. The molecule has 0 saturated heterocycles. The van der Waals surface area contributed by atoms with E-state index in [2.05, 4.69) is 15.9 Å². The maximum atomic E-state index is 12.7. The van der Waals surface area contributed by atoms with Crippen molar-refractivity contribution in [3.63, 3.8) is 0 Å². The number of rotatable bonds is 3. The summed E-state index contributed by atoms with van der Waals surface area (Å²) in [6.45, 7) is 0. The average molecular weight is 355 g/mol. The number of alkyl halides is 3. The highest BCUT2D eigenvalue weighted by Gasteiger charge is 2.28. The lowest BCUT2D eigenvalue weighted by atomic mass is 9.96. The van der Waals surface area contributed by atoms with Crippen LogP contribution in [-0.2, 0) is 0 Å². The summed E-state index contributed by atoms with van der Waals surface area (Å²) in [5.41, 5.74) is 0.0708. The summed E-state index contributed by atoms with van der Waals surface area (Å²) in [5.74, 6) is -0.657. The van der Waals surface area contributed by atoms with Gasteiger partial charge in [-0.2, -0.15) is 13.2 Å². The highest BCUT2D eigenvalue weighted by molar-refractivity contribution is 9.10. The Morgan fingerprint density at radius 1 is 0.905 bits per heavy atom. The van der Waals surface area contributed by atoms with Crippen molar-refractivity contribution in [1.82, 2.24) is 0 Å². The Kier molecular flexibility index (Phi) is 4.63. The zero-order valence-corrected chi connectivity index (χ0v) is 12.3. The molecule has 0 radical (unpaired) electrons. The molecule has 0 spiro atoms. The van der Waals surface area contributed by atoms with Gasteiger partial charge in [0.1, 0.15) is 0 Å². The van der Waals surface area contributed by atoms with Crippen molar-refractivity contribution in [3.05, 3.63) is 76.3 Å². The van der Waals surface area contributed by atoms with Gasteiger partial charge in [0, 0.05) is 21.7 Å². The maximum Gasteiger partial charge on any atom is 0.410 e. The number of carbonyl (C=O) groups is 1. The second kappa shape index (κ2) is 6.26. The number of halogens is 4. The molecule has 0 saturated carbocycles. The van der Waals surface area contributed by atoms with E-state index in [-0.39, 0.29) is 22.8 Å². The van der Waals surface area contributed by atoms with Gasteiger partial charge in [-0.25, -0.2) is 0 Å². The van der Waals surface area contributed by atoms with E-state index < -0.39 is 12.0 Å². The number of Topliss-reactive ketones (excluding diaryl/α,β-unsaturated/α-hetero) is 1. The second-order valence-electron chi connectivity index (χ2n) is 4.30. The molecule has 0 amide bonds. The van der Waals surface area contributed by atoms with Gasteiger partial charge >= 0.3 is 6.18 Å². The lowest BCUT2D eigenvalue weighted by Crippen LogP contribution is -2.09. The third kappa shape index (κ3) is 4.29. The topological polar surface area (TPSA) is 17.1 Å². The maximum absolute atomic E-state index is 12.7. The number of benzene rings is 2. The van der Waals surface area contributed by atoms with Gasteiger partial charge in [-0.05, 0) is 17.7 Å². The fourth-order valence-corrected chi connectivity index (χ4v) is 2.08. The number of allylic oxidation sites excluding steroid dienone is 2. The van der Waals surface area contributed by atoms with Gasteiger partial charge in [-0.1, -0.05) is 58.4 Å². The van der Waals surface area contributed by atoms with E-state index in [1.165, 1.54) is 24.3 Å². The van der Waals surface area contributed by atoms with E-state index in [0.717, 1.165) is 4.47 Å². The van der Waals surface area contributed by atoms with E-state index in [1.807, 2.05) is 0 Å². The van der Waals surface area contributed by atoms with Gasteiger partial charge < -0.3 is 0 Å². The fourth-order valence-electron chi connectivity index (χ4n) is 1.82. The summed E-state index contributed by atoms with van der Waals surface area (Å²) < 4.78 is 38.9. The van der Waals surface area contributed by atoms with Crippen LogP contribution < -0.4 is 0 Å². The Labute approximate surface area is 128 Å². The molecule has 0 aliphatic carbocycles. The molecule has 2 aromatic rings. The minimum atomic E-state index is -4.56. The number of ketones is 1. The van der Waals surface area contributed by atoms with Crippen LogP contribution in [0.15, 0.2) is 65.1 Å². The first-order valence-electron chi connectivity index (χ1n) is 6.02. The lowest BCUT2D eigenvalue weighted by Gasteiger charge is -2.09. The molecule has 108 valence electrons. The molecular weight excluding hydrogens is 345 g/mol. The van der Waals surface area contributed by atoms with Gasteiger partial charge in [0.2, 0.25) is 0 Å². The van der Waals surface area contributed by atoms with Gasteiger partial charge in [0.25, 0.3) is 0 Å². The van der Waals surface area contributed by atoms with E-state index in [4.69, 9.17) is 0 Å². The predicted octanol–water partition coefficient (Wildman–Crippen LogP) is 5.28. The monoisotopic (exact) mass is 354 g/mol. The summed E-state index contributed by atoms with van der Waals surface area (Å²) in [7, 11) is 0. The molecule has 0 aliphatic heterocycles. The molecule has 1 nitrogen and oxygen atoms in total. The van der Waals surface area contributed by atoms with Crippen LogP contribution in [0.2, 0.25) is 0 Å².